The van der Waals surface area contributed by atoms with Crippen LogP contribution in [0.4, 0.5) is 13.2 Å². The van der Waals surface area contributed by atoms with Crippen molar-refractivity contribution in [3.63, 3.8) is 0 Å². The minimum atomic E-state index is -4.25. The molecule has 0 amide bonds. The van der Waals surface area contributed by atoms with Crippen molar-refractivity contribution in [1.29, 1.82) is 0 Å². The van der Waals surface area contributed by atoms with E-state index in [0.717, 1.165) is 9.18 Å². The summed E-state index contributed by atoms with van der Waals surface area (Å²) in [5.74, 6) is -1.19. The van der Waals surface area contributed by atoms with Crippen LogP contribution in [0.15, 0.2) is 11.0 Å². The molecule has 1 aliphatic heterocycles. The Morgan fingerprint density at radius 2 is 1.95 bits per heavy atom. The Bertz CT molecular complexity index is 605. The predicted molar refractivity (Wildman–Crippen MR) is 76.2 cm³/mol. The van der Waals surface area contributed by atoms with Crippen LogP contribution < -0.4 is 0 Å². The maximum absolute atomic E-state index is 12.6. The van der Waals surface area contributed by atoms with Gasteiger partial charge in [0, 0.05) is 22.8 Å². The Labute approximate surface area is 130 Å². The first-order chi connectivity index (χ1) is 9.66. The van der Waals surface area contributed by atoms with E-state index in [9.17, 15) is 21.6 Å². The van der Waals surface area contributed by atoms with Gasteiger partial charge in [-0.25, -0.2) is 8.42 Å². The largest absolute Gasteiger partial charge is 0.391 e. The van der Waals surface area contributed by atoms with Crippen molar-refractivity contribution in [3.8, 4) is 0 Å². The molecule has 0 radical (unpaired) electrons. The van der Waals surface area contributed by atoms with Crippen LogP contribution in [0.25, 0.3) is 0 Å². The van der Waals surface area contributed by atoms with Crippen LogP contribution in [0.2, 0.25) is 0 Å². The van der Waals surface area contributed by atoms with Crippen molar-refractivity contribution >= 4 is 33.0 Å². The van der Waals surface area contributed by atoms with E-state index in [0.29, 0.717) is 4.88 Å². The molecular formula is C12H15ClF3NO2S2. The van der Waals surface area contributed by atoms with Gasteiger partial charge in [0.1, 0.15) is 0 Å². The molecule has 3 nitrogen and oxygen atoms in total. The molecule has 1 aromatic rings. The lowest BCUT2D eigenvalue weighted by Crippen LogP contribution is -2.42. The molecule has 0 atom stereocenters. The number of hydrogen-bond donors (Lipinski definition) is 0. The summed E-state index contributed by atoms with van der Waals surface area (Å²) in [6.45, 7) is 1.48. The summed E-state index contributed by atoms with van der Waals surface area (Å²) >= 11 is 6.99. The topological polar surface area (TPSA) is 37.4 Å². The summed E-state index contributed by atoms with van der Waals surface area (Å²) in [6.07, 6.45) is -4.62. The van der Waals surface area contributed by atoms with Gasteiger partial charge in [-0.2, -0.15) is 17.5 Å². The van der Waals surface area contributed by atoms with Gasteiger partial charge in [-0.1, -0.05) is 0 Å². The van der Waals surface area contributed by atoms with E-state index in [4.69, 9.17) is 11.6 Å². The molecule has 0 bridgehead atoms. The highest BCUT2D eigenvalue weighted by Gasteiger charge is 2.43. The minimum Gasteiger partial charge on any atom is -0.207 e. The maximum Gasteiger partial charge on any atom is 0.391 e. The normalized spacial score (nSPS) is 19.1. The van der Waals surface area contributed by atoms with E-state index < -0.39 is 22.1 Å². The number of halogens is 4. The number of alkyl halides is 4. The Morgan fingerprint density at radius 3 is 2.38 bits per heavy atom. The number of aryl methyl sites for hydroxylation is 1. The zero-order valence-corrected chi connectivity index (χ0v) is 13.7. The van der Waals surface area contributed by atoms with E-state index in [2.05, 4.69) is 0 Å². The Kier molecular flexibility index (Phi) is 4.92. The van der Waals surface area contributed by atoms with Crippen LogP contribution >= 0.6 is 22.9 Å². The highest BCUT2D eigenvalue weighted by atomic mass is 35.5. The summed E-state index contributed by atoms with van der Waals surface area (Å²) in [6, 6.07) is 1.51. The molecule has 1 aliphatic rings. The zero-order chi connectivity index (χ0) is 15.8. The number of thiophene rings is 1. The van der Waals surface area contributed by atoms with Gasteiger partial charge in [0.05, 0.1) is 16.7 Å². The van der Waals surface area contributed by atoms with Gasteiger partial charge in [-0.05, 0) is 25.8 Å². The number of rotatable bonds is 3. The average Bonchev–Trinajstić information content (AvgIpc) is 2.80. The molecule has 1 aromatic heterocycles. The van der Waals surface area contributed by atoms with Gasteiger partial charge in [0.2, 0.25) is 10.0 Å². The number of sulfonamides is 1. The molecule has 120 valence electrons. The fourth-order valence-corrected chi connectivity index (χ4v) is 5.57. The maximum atomic E-state index is 12.6. The molecule has 0 N–H and O–H groups in total. The molecular weight excluding hydrogens is 347 g/mol. The quantitative estimate of drug-likeness (QED) is 0.769. The molecule has 9 heteroatoms. The minimum absolute atomic E-state index is 0.0992. The van der Waals surface area contributed by atoms with Gasteiger partial charge < -0.3 is 0 Å². The fraction of sp³-hybridized carbons (Fsp3) is 0.667. The van der Waals surface area contributed by atoms with Gasteiger partial charge in [0.15, 0.2) is 0 Å². The van der Waals surface area contributed by atoms with Crippen LogP contribution in [0.5, 0.6) is 0 Å². The number of hydrogen-bond acceptors (Lipinski definition) is 3. The molecule has 2 rings (SSSR count). The second-order valence-electron chi connectivity index (χ2n) is 4.99. The van der Waals surface area contributed by atoms with Crippen LogP contribution in [-0.2, 0) is 15.9 Å². The highest BCUT2D eigenvalue weighted by molar-refractivity contribution is 7.89. The Morgan fingerprint density at radius 1 is 1.38 bits per heavy atom. The van der Waals surface area contributed by atoms with Crippen molar-refractivity contribution < 1.29 is 21.6 Å². The van der Waals surface area contributed by atoms with Crippen LogP contribution in [0, 0.1) is 12.8 Å². The highest BCUT2D eigenvalue weighted by Crippen LogP contribution is 2.36. The van der Waals surface area contributed by atoms with Gasteiger partial charge >= 0.3 is 6.18 Å². The van der Waals surface area contributed by atoms with E-state index in [-0.39, 0.29) is 36.7 Å². The summed E-state index contributed by atoms with van der Waals surface area (Å²) in [5.41, 5.74) is 0. The third-order valence-corrected chi connectivity index (χ3v) is 7.24. The summed E-state index contributed by atoms with van der Waals surface area (Å²) < 4.78 is 64.0. The lowest BCUT2D eigenvalue weighted by molar-refractivity contribution is -0.182. The Hall–Kier alpha value is -0.310. The third-order valence-electron chi connectivity index (χ3n) is 3.59. The predicted octanol–water partition coefficient (Wildman–Crippen LogP) is 3.76. The zero-order valence-electron chi connectivity index (χ0n) is 11.3. The molecule has 0 aliphatic carbocycles. The SMILES string of the molecule is Cc1sc(CCl)cc1S(=O)(=O)N1CCC(C(F)(F)F)CC1. The van der Waals surface area contributed by atoms with E-state index in [1.165, 1.54) is 17.4 Å². The number of piperidine rings is 1. The van der Waals surface area contributed by atoms with Crippen molar-refractivity contribution in [2.45, 2.75) is 36.7 Å². The van der Waals surface area contributed by atoms with Crippen molar-refractivity contribution in [1.82, 2.24) is 4.31 Å². The van der Waals surface area contributed by atoms with Crippen LogP contribution in [0.1, 0.15) is 22.6 Å². The molecule has 21 heavy (non-hydrogen) atoms. The van der Waals surface area contributed by atoms with Crippen molar-refractivity contribution in [2.24, 2.45) is 5.92 Å². The second-order valence-corrected chi connectivity index (χ2v) is 8.50. The monoisotopic (exact) mass is 361 g/mol. The first kappa shape index (κ1) is 17.1. The molecule has 1 saturated heterocycles. The van der Waals surface area contributed by atoms with E-state index in [1.807, 2.05) is 0 Å². The molecule has 0 unspecified atom stereocenters. The smallest absolute Gasteiger partial charge is 0.207 e. The average molecular weight is 362 g/mol. The van der Waals surface area contributed by atoms with Gasteiger partial charge in [-0.15, -0.1) is 22.9 Å². The summed E-state index contributed by atoms with van der Waals surface area (Å²) in [4.78, 5) is 1.51. The standard InChI is InChI=1S/C12H15ClF3NO2S2/c1-8-11(6-10(7-13)20-8)21(18,19)17-4-2-9(3-5-17)12(14,15)16/h6,9H,2-5,7H2,1H3. The van der Waals surface area contributed by atoms with Crippen molar-refractivity contribution in [3.05, 3.63) is 15.8 Å². The summed E-state index contributed by atoms with van der Waals surface area (Å²) in [7, 11) is -3.73. The molecule has 2 heterocycles. The summed E-state index contributed by atoms with van der Waals surface area (Å²) in [5, 5.41) is 0. The number of nitrogens with zero attached hydrogens (tertiary/aromatic N) is 1. The molecule has 1 fully saturated rings. The van der Waals surface area contributed by atoms with Gasteiger partial charge in [0.25, 0.3) is 0 Å². The molecule has 0 saturated carbocycles. The first-order valence-electron chi connectivity index (χ1n) is 6.38. The molecule has 0 aromatic carbocycles. The lowest BCUT2D eigenvalue weighted by Gasteiger charge is -2.32. The second kappa shape index (κ2) is 6.06. The molecule has 0 spiro atoms. The lowest BCUT2D eigenvalue weighted by atomic mass is 9.98. The van der Waals surface area contributed by atoms with E-state index >= 15 is 0 Å². The van der Waals surface area contributed by atoms with E-state index in [1.54, 1.807) is 6.92 Å². The van der Waals surface area contributed by atoms with Crippen LogP contribution in [-0.4, -0.2) is 32.0 Å². The fourth-order valence-electron chi connectivity index (χ4n) is 2.41. The third kappa shape index (κ3) is 3.55. The Balaban J connectivity index is 2.17. The van der Waals surface area contributed by atoms with Crippen LogP contribution in [0.3, 0.4) is 0 Å². The van der Waals surface area contributed by atoms with Crippen molar-refractivity contribution in [2.75, 3.05) is 13.1 Å². The first-order valence-corrected chi connectivity index (χ1v) is 9.17. The van der Waals surface area contributed by atoms with Gasteiger partial charge in [-0.3, -0.25) is 0 Å².